The normalized spacial score (nSPS) is 39.5. The number of carbonyl (C=O) groups excluding carboxylic acids is 1. The van der Waals surface area contributed by atoms with Gasteiger partial charge in [-0.25, -0.2) is 0 Å². The first kappa shape index (κ1) is 12.4. The molecule has 0 aromatic rings. The minimum atomic E-state index is -0.376. The van der Waals surface area contributed by atoms with Gasteiger partial charge in [0.2, 0.25) is 0 Å². The van der Waals surface area contributed by atoms with Crippen molar-refractivity contribution in [1.82, 2.24) is 10.6 Å². The van der Waals surface area contributed by atoms with Crippen molar-refractivity contribution in [3.8, 4) is 0 Å². The number of rotatable bonds is 2. The largest absolute Gasteiger partial charge is 0.342 e. The van der Waals surface area contributed by atoms with Crippen LogP contribution in [0, 0.1) is 11.8 Å². The van der Waals surface area contributed by atoms with Gasteiger partial charge in [0.15, 0.2) is 5.96 Å². The van der Waals surface area contributed by atoms with Gasteiger partial charge in [-0.15, -0.1) is 0 Å². The summed E-state index contributed by atoms with van der Waals surface area (Å²) in [5, 5.41) is 6.22. The van der Waals surface area contributed by atoms with Crippen LogP contribution in [-0.2, 0) is 4.79 Å². The molecule has 0 aromatic heterocycles. The van der Waals surface area contributed by atoms with Gasteiger partial charge >= 0.3 is 0 Å². The van der Waals surface area contributed by atoms with Crippen molar-refractivity contribution >= 4 is 11.9 Å². The highest BCUT2D eigenvalue weighted by Gasteiger charge is 2.48. The topological polar surface area (TPSA) is 53.5 Å². The van der Waals surface area contributed by atoms with E-state index in [4.69, 9.17) is 0 Å². The lowest BCUT2D eigenvalue weighted by Crippen LogP contribution is -2.51. The monoisotopic (exact) mass is 237 g/mol. The van der Waals surface area contributed by atoms with Crippen LogP contribution in [0.2, 0.25) is 0 Å². The minimum Gasteiger partial charge on any atom is -0.342 e. The van der Waals surface area contributed by atoms with E-state index in [2.05, 4.69) is 36.4 Å². The highest BCUT2D eigenvalue weighted by molar-refractivity contribution is 6.09. The average molecular weight is 237 g/mol. The number of hydrogen-bond donors (Lipinski definition) is 2. The average Bonchev–Trinajstić information content (AvgIpc) is 2.59. The smallest absolute Gasteiger partial charge is 0.252 e. The summed E-state index contributed by atoms with van der Waals surface area (Å²) in [5.41, 5.74) is -0.376. The zero-order valence-corrected chi connectivity index (χ0v) is 11.0. The third-order valence-corrected chi connectivity index (χ3v) is 4.19. The van der Waals surface area contributed by atoms with E-state index in [1.54, 1.807) is 0 Å². The molecule has 2 fully saturated rings. The Balaban J connectivity index is 2.09. The van der Waals surface area contributed by atoms with E-state index in [1.165, 1.54) is 0 Å². The summed E-state index contributed by atoms with van der Waals surface area (Å²) >= 11 is 0. The molecule has 96 valence electrons. The van der Waals surface area contributed by atoms with Gasteiger partial charge in [-0.2, -0.15) is 0 Å². The second-order valence-corrected chi connectivity index (χ2v) is 5.59. The number of guanidine groups is 1. The SMILES string of the molecule is CCCN=C1NC(=O)C2(CCC(C)C(C)C2)N1. The molecule has 1 aliphatic heterocycles. The summed E-state index contributed by atoms with van der Waals surface area (Å²) in [6.45, 7) is 7.36. The molecule has 0 bridgehead atoms. The molecule has 2 rings (SSSR count). The van der Waals surface area contributed by atoms with Crippen LogP contribution in [-0.4, -0.2) is 24.0 Å². The zero-order chi connectivity index (χ0) is 12.5. The Kier molecular flexibility index (Phi) is 3.40. The molecule has 1 spiro atoms. The van der Waals surface area contributed by atoms with Gasteiger partial charge in [0, 0.05) is 6.54 Å². The highest BCUT2D eigenvalue weighted by Crippen LogP contribution is 2.37. The van der Waals surface area contributed by atoms with Gasteiger partial charge in [0.05, 0.1) is 0 Å². The molecule has 2 aliphatic rings. The van der Waals surface area contributed by atoms with Gasteiger partial charge in [-0.1, -0.05) is 20.8 Å². The summed E-state index contributed by atoms with van der Waals surface area (Å²) in [6, 6.07) is 0. The molecule has 1 aliphatic carbocycles. The molecule has 4 heteroatoms. The quantitative estimate of drug-likeness (QED) is 0.767. The van der Waals surface area contributed by atoms with Crippen LogP contribution in [0.5, 0.6) is 0 Å². The van der Waals surface area contributed by atoms with E-state index in [9.17, 15) is 4.79 Å². The maximum atomic E-state index is 12.1. The molecule has 3 atom stereocenters. The van der Waals surface area contributed by atoms with Crippen molar-refractivity contribution in [3.63, 3.8) is 0 Å². The lowest BCUT2D eigenvalue weighted by Gasteiger charge is -2.38. The highest BCUT2D eigenvalue weighted by atomic mass is 16.2. The molecule has 2 N–H and O–H groups in total. The van der Waals surface area contributed by atoms with Crippen LogP contribution >= 0.6 is 0 Å². The van der Waals surface area contributed by atoms with Crippen molar-refractivity contribution in [2.24, 2.45) is 16.8 Å². The summed E-state index contributed by atoms with van der Waals surface area (Å²) in [6.07, 6.45) is 3.96. The Morgan fingerprint density at radius 1 is 1.41 bits per heavy atom. The number of aliphatic imine (C=N–C) groups is 1. The molecule has 1 saturated heterocycles. The van der Waals surface area contributed by atoms with Crippen LogP contribution in [0.25, 0.3) is 0 Å². The van der Waals surface area contributed by atoms with Crippen molar-refractivity contribution in [1.29, 1.82) is 0 Å². The van der Waals surface area contributed by atoms with Gasteiger partial charge in [0.1, 0.15) is 5.54 Å². The third kappa shape index (κ3) is 2.31. The Morgan fingerprint density at radius 2 is 2.18 bits per heavy atom. The van der Waals surface area contributed by atoms with Crippen molar-refractivity contribution in [2.45, 2.75) is 52.0 Å². The zero-order valence-electron chi connectivity index (χ0n) is 11.0. The Labute approximate surface area is 103 Å². The van der Waals surface area contributed by atoms with Gasteiger partial charge in [0.25, 0.3) is 5.91 Å². The maximum absolute atomic E-state index is 12.1. The van der Waals surface area contributed by atoms with E-state index >= 15 is 0 Å². The van der Waals surface area contributed by atoms with Crippen LogP contribution in [0.15, 0.2) is 4.99 Å². The van der Waals surface area contributed by atoms with Crippen molar-refractivity contribution < 1.29 is 4.79 Å². The van der Waals surface area contributed by atoms with Gasteiger partial charge in [-0.05, 0) is 37.5 Å². The standard InChI is InChI=1S/C13H23N3O/c1-4-7-14-12-15-11(17)13(16-12)6-5-9(2)10(3)8-13/h9-10H,4-8H2,1-3H3,(H2,14,15,16,17). The fraction of sp³-hybridized carbons (Fsp3) is 0.846. The van der Waals surface area contributed by atoms with Gasteiger partial charge in [-0.3, -0.25) is 15.1 Å². The number of carbonyl (C=O) groups is 1. The minimum absolute atomic E-state index is 0.117. The third-order valence-electron chi connectivity index (χ3n) is 4.19. The van der Waals surface area contributed by atoms with E-state index in [0.717, 1.165) is 32.2 Å². The van der Waals surface area contributed by atoms with Crippen molar-refractivity contribution in [2.75, 3.05) is 6.54 Å². The van der Waals surface area contributed by atoms with E-state index < -0.39 is 0 Å². The number of amides is 1. The van der Waals surface area contributed by atoms with Gasteiger partial charge < -0.3 is 5.32 Å². The first-order chi connectivity index (χ1) is 8.07. The second-order valence-electron chi connectivity index (χ2n) is 5.59. The number of hydrogen-bond acceptors (Lipinski definition) is 2. The lowest BCUT2D eigenvalue weighted by atomic mass is 9.71. The fourth-order valence-corrected chi connectivity index (χ4v) is 2.78. The molecule has 1 amide bonds. The van der Waals surface area contributed by atoms with Crippen LogP contribution in [0.1, 0.15) is 46.5 Å². The Bertz CT molecular complexity index is 340. The molecular weight excluding hydrogens is 214 g/mol. The molecule has 1 heterocycles. The number of nitrogens with zero attached hydrogens (tertiary/aromatic N) is 1. The Morgan fingerprint density at radius 3 is 2.82 bits per heavy atom. The Hall–Kier alpha value is -1.06. The first-order valence-corrected chi connectivity index (χ1v) is 6.71. The van der Waals surface area contributed by atoms with E-state index in [-0.39, 0.29) is 11.4 Å². The predicted molar refractivity (Wildman–Crippen MR) is 68.8 cm³/mol. The fourth-order valence-electron chi connectivity index (χ4n) is 2.78. The molecule has 17 heavy (non-hydrogen) atoms. The molecular formula is C13H23N3O. The summed E-state index contributed by atoms with van der Waals surface area (Å²) in [5.74, 6) is 2.10. The maximum Gasteiger partial charge on any atom is 0.252 e. The van der Waals surface area contributed by atoms with E-state index in [1.807, 2.05) is 0 Å². The first-order valence-electron chi connectivity index (χ1n) is 6.71. The summed E-state index contributed by atoms with van der Waals surface area (Å²) < 4.78 is 0. The van der Waals surface area contributed by atoms with Crippen LogP contribution in [0.3, 0.4) is 0 Å². The van der Waals surface area contributed by atoms with Crippen LogP contribution in [0.4, 0.5) is 0 Å². The predicted octanol–water partition coefficient (Wildman–Crippen LogP) is 1.67. The summed E-state index contributed by atoms with van der Waals surface area (Å²) in [4.78, 5) is 16.5. The molecule has 3 unspecified atom stereocenters. The van der Waals surface area contributed by atoms with E-state index in [0.29, 0.717) is 17.8 Å². The van der Waals surface area contributed by atoms with Crippen molar-refractivity contribution in [3.05, 3.63) is 0 Å². The molecule has 0 radical (unpaired) electrons. The molecule has 0 aromatic carbocycles. The van der Waals surface area contributed by atoms with Crippen LogP contribution < -0.4 is 10.6 Å². The molecule has 1 saturated carbocycles. The summed E-state index contributed by atoms with van der Waals surface area (Å²) in [7, 11) is 0. The number of nitrogens with one attached hydrogen (secondary N) is 2. The second kappa shape index (κ2) is 4.67. The molecule has 4 nitrogen and oxygen atoms in total. The lowest BCUT2D eigenvalue weighted by molar-refractivity contribution is -0.126.